The highest BCUT2D eigenvalue weighted by atomic mass is 79.9. The van der Waals surface area contributed by atoms with Crippen LogP contribution in [0.2, 0.25) is 10.0 Å². The lowest BCUT2D eigenvalue weighted by Gasteiger charge is -2.29. The van der Waals surface area contributed by atoms with Crippen LogP contribution in [0, 0.1) is 0 Å². The van der Waals surface area contributed by atoms with Crippen LogP contribution in [0.3, 0.4) is 0 Å². The van der Waals surface area contributed by atoms with Crippen LogP contribution in [0.5, 0.6) is 11.5 Å². The summed E-state index contributed by atoms with van der Waals surface area (Å²) in [5.74, 6) is 1.91. The van der Waals surface area contributed by atoms with Crippen LogP contribution in [-0.2, 0) is 17.2 Å². The number of thioether (sulfide) groups is 1. The number of allylic oxidation sites excluding steroid dienone is 1. The Morgan fingerprint density at radius 1 is 1.02 bits per heavy atom. The van der Waals surface area contributed by atoms with Gasteiger partial charge in [0.2, 0.25) is 11.1 Å². The van der Waals surface area contributed by atoms with Gasteiger partial charge in [-0.25, -0.2) is 4.68 Å². The van der Waals surface area contributed by atoms with Gasteiger partial charge >= 0.3 is 0 Å². The van der Waals surface area contributed by atoms with E-state index in [0.717, 1.165) is 16.7 Å². The molecule has 240 valence electrons. The number of hydrogen-bond donors (Lipinski definition) is 2. The molecule has 12 heteroatoms. The van der Waals surface area contributed by atoms with E-state index in [9.17, 15) is 4.79 Å². The standard InChI is InChI=1S/C35H30BrCl2N5O3S/c1-3-45-29-18-24(17-27(36)32(29)46-19-22-13-15-25(37)16-14-22)31-30(33(44)40-26-10-5-4-6-11-26)21(2)39-34-41-35(42-43(31)34)47-20-23-9-7-8-12-28(23)38/h4-18,31H,3,19-20H2,1-2H3,(H,40,44)(H,39,41,42). The molecule has 0 saturated heterocycles. The average molecular weight is 752 g/mol. The second-order valence-corrected chi connectivity index (χ2v) is 13.2. The van der Waals surface area contributed by atoms with Crippen LogP contribution in [0.1, 0.15) is 36.6 Å². The van der Waals surface area contributed by atoms with Gasteiger partial charge in [-0.05, 0) is 88.9 Å². The Balaban J connectivity index is 1.38. The summed E-state index contributed by atoms with van der Waals surface area (Å²) in [4.78, 5) is 18.8. The number of hydrogen-bond acceptors (Lipinski definition) is 7. The molecule has 0 spiro atoms. The van der Waals surface area contributed by atoms with Gasteiger partial charge in [-0.1, -0.05) is 83.5 Å². The van der Waals surface area contributed by atoms with E-state index in [4.69, 9.17) is 42.8 Å². The lowest BCUT2D eigenvalue weighted by Crippen LogP contribution is -2.31. The number of nitrogens with zero attached hydrogens (tertiary/aromatic N) is 3. The van der Waals surface area contributed by atoms with E-state index in [-0.39, 0.29) is 5.91 Å². The molecule has 1 aliphatic rings. The third kappa shape index (κ3) is 7.62. The zero-order chi connectivity index (χ0) is 32.9. The van der Waals surface area contributed by atoms with Gasteiger partial charge in [-0.3, -0.25) is 4.79 Å². The van der Waals surface area contributed by atoms with Crippen molar-refractivity contribution in [2.24, 2.45) is 0 Å². The van der Waals surface area contributed by atoms with Gasteiger partial charge in [-0.2, -0.15) is 4.98 Å². The smallest absolute Gasteiger partial charge is 0.255 e. The first-order valence-electron chi connectivity index (χ1n) is 14.8. The van der Waals surface area contributed by atoms with E-state index in [0.29, 0.717) is 73.0 Å². The predicted molar refractivity (Wildman–Crippen MR) is 192 cm³/mol. The average Bonchev–Trinajstić information content (AvgIpc) is 3.47. The van der Waals surface area contributed by atoms with E-state index in [1.165, 1.54) is 11.8 Å². The molecule has 0 fully saturated rings. The van der Waals surface area contributed by atoms with Crippen molar-refractivity contribution in [1.82, 2.24) is 14.8 Å². The maximum atomic E-state index is 14.0. The fourth-order valence-corrected chi connectivity index (χ4v) is 6.97. The van der Waals surface area contributed by atoms with E-state index >= 15 is 0 Å². The van der Waals surface area contributed by atoms with Gasteiger partial charge < -0.3 is 20.1 Å². The molecule has 0 bridgehead atoms. The molecular formula is C35H30BrCl2N5O3S. The van der Waals surface area contributed by atoms with Gasteiger partial charge in [-0.15, -0.1) is 5.10 Å². The quantitative estimate of drug-likeness (QED) is 0.130. The normalized spacial score (nSPS) is 13.9. The number of halogens is 3. The van der Waals surface area contributed by atoms with Crippen molar-refractivity contribution in [3.63, 3.8) is 0 Å². The topological polar surface area (TPSA) is 90.3 Å². The fraction of sp³-hybridized carbons (Fsp3) is 0.171. The van der Waals surface area contributed by atoms with Crippen LogP contribution in [0.25, 0.3) is 0 Å². The molecule has 0 radical (unpaired) electrons. The van der Waals surface area contributed by atoms with Crippen LogP contribution in [-0.4, -0.2) is 27.3 Å². The number of rotatable bonds is 11. The number of anilines is 2. The number of aromatic nitrogens is 3. The number of carbonyl (C=O) groups is 1. The zero-order valence-corrected chi connectivity index (χ0v) is 29.4. The third-order valence-corrected chi connectivity index (χ3v) is 9.46. The monoisotopic (exact) mass is 749 g/mol. The molecule has 5 aromatic rings. The molecule has 6 rings (SSSR count). The largest absolute Gasteiger partial charge is 0.490 e. The summed E-state index contributed by atoms with van der Waals surface area (Å²) in [6, 6.07) is 27.7. The second-order valence-electron chi connectivity index (χ2n) is 10.6. The molecule has 2 heterocycles. The molecule has 0 saturated carbocycles. The van der Waals surface area contributed by atoms with Crippen molar-refractivity contribution < 1.29 is 14.3 Å². The van der Waals surface area contributed by atoms with Crippen molar-refractivity contribution in [2.75, 3.05) is 17.2 Å². The van der Waals surface area contributed by atoms with Crippen molar-refractivity contribution >= 4 is 68.4 Å². The Morgan fingerprint density at radius 3 is 2.51 bits per heavy atom. The van der Waals surface area contributed by atoms with E-state index in [2.05, 4.69) is 26.6 Å². The predicted octanol–water partition coefficient (Wildman–Crippen LogP) is 9.54. The Labute approximate surface area is 295 Å². The number of benzene rings is 4. The molecule has 1 atom stereocenters. The minimum atomic E-state index is -0.641. The van der Waals surface area contributed by atoms with Gasteiger partial charge in [0.1, 0.15) is 12.6 Å². The molecule has 1 aromatic heterocycles. The first-order valence-corrected chi connectivity index (χ1v) is 17.3. The Kier molecular flexibility index (Phi) is 10.4. The molecule has 47 heavy (non-hydrogen) atoms. The number of ether oxygens (including phenoxy) is 2. The van der Waals surface area contributed by atoms with E-state index in [1.54, 1.807) is 4.68 Å². The first-order chi connectivity index (χ1) is 22.8. The SMILES string of the molecule is CCOc1cc(C2C(C(=O)Nc3ccccc3)=C(C)Nc3nc(SCc4ccccc4Cl)nn32)cc(Br)c1OCc1ccc(Cl)cc1. The number of nitrogens with one attached hydrogen (secondary N) is 2. The van der Waals surface area contributed by atoms with Gasteiger partial charge in [0, 0.05) is 27.2 Å². The highest BCUT2D eigenvalue weighted by Crippen LogP contribution is 2.44. The van der Waals surface area contributed by atoms with Crippen molar-refractivity contribution in [2.45, 2.75) is 37.4 Å². The zero-order valence-electron chi connectivity index (χ0n) is 25.5. The summed E-state index contributed by atoms with van der Waals surface area (Å²) in [5.41, 5.74) is 4.51. The Bertz CT molecular complexity index is 1940. The summed E-state index contributed by atoms with van der Waals surface area (Å²) in [7, 11) is 0. The summed E-state index contributed by atoms with van der Waals surface area (Å²) in [6.45, 7) is 4.50. The Morgan fingerprint density at radius 2 is 1.77 bits per heavy atom. The minimum absolute atomic E-state index is 0.269. The summed E-state index contributed by atoms with van der Waals surface area (Å²) >= 11 is 17.7. The van der Waals surface area contributed by atoms with Crippen molar-refractivity contribution in [1.29, 1.82) is 0 Å². The lowest BCUT2D eigenvalue weighted by molar-refractivity contribution is -0.113. The maximum absolute atomic E-state index is 14.0. The molecule has 2 N–H and O–H groups in total. The molecule has 0 aliphatic carbocycles. The second kappa shape index (κ2) is 14.9. The van der Waals surface area contributed by atoms with Crippen LogP contribution in [0.4, 0.5) is 11.6 Å². The fourth-order valence-electron chi connectivity index (χ4n) is 5.16. The molecular weight excluding hydrogens is 721 g/mol. The number of para-hydroxylation sites is 1. The number of fused-ring (bicyclic) bond motifs is 1. The van der Waals surface area contributed by atoms with E-state index < -0.39 is 6.04 Å². The van der Waals surface area contributed by atoms with Gasteiger partial charge in [0.05, 0.1) is 16.7 Å². The van der Waals surface area contributed by atoms with Crippen molar-refractivity contribution in [3.05, 3.63) is 133 Å². The highest BCUT2D eigenvalue weighted by molar-refractivity contribution is 9.10. The molecule has 1 aliphatic heterocycles. The number of amides is 1. The van der Waals surface area contributed by atoms with E-state index in [1.807, 2.05) is 105 Å². The maximum Gasteiger partial charge on any atom is 0.255 e. The summed E-state index contributed by atoms with van der Waals surface area (Å²) in [5, 5.41) is 13.1. The van der Waals surface area contributed by atoms with Gasteiger partial charge in [0.15, 0.2) is 11.5 Å². The first kappa shape index (κ1) is 33.0. The van der Waals surface area contributed by atoms with Crippen LogP contribution in [0.15, 0.2) is 112 Å². The Hall–Kier alpha value is -3.96. The summed E-state index contributed by atoms with van der Waals surface area (Å²) in [6.07, 6.45) is 0. The third-order valence-electron chi connectivity index (χ3n) is 7.37. The minimum Gasteiger partial charge on any atom is -0.490 e. The molecule has 1 amide bonds. The molecule has 1 unspecified atom stereocenters. The lowest BCUT2D eigenvalue weighted by atomic mass is 9.94. The van der Waals surface area contributed by atoms with Crippen LogP contribution >= 0.6 is 50.9 Å². The van der Waals surface area contributed by atoms with Crippen LogP contribution < -0.4 is 20.1 Å². The number of carbonyl (C=O) groups excluding carboxylic acids is 1. The summed E-state index contributed by atoms with van der Waals surface area (Å²) < 4.78 is 14.8. The molecule has 8 nitrogen and oxygen atoms in total. The highest BCUT2D eigenvalue weighted by Gasteiger charge is 2.35. The van der Waals surface area contributed by atoms with Crippen molar-refractivity contribution in [3.8, 4) is 11.5 Å². The van der Waals surface area contributed by atoms with Gasteiger partial charge in [0.25, 0.3) is 5.91 Å². The molecule has 4 aromatic carbocycles.